The molecule has 2 aliphatic carbocycles. The number of hydrogen-bond donors (Lipinski definition) is 1. The van der Waals surface area contributed by atoms with E-state index in [0.29, 0.717) is 12.5 Å². The Labute approximate surface area is 56.1 Å². The molecule has 0 amide bonds. The van der Waals surface area contributed by atoms with Crippen molar-refractivity contribution in [1.29, 1.82) is 0 Å². The fraction of sp³-hybridized carbons (Fsp3) is 1.00. The summed E-state index contributed by atoms with van der Waals surface area (Å²) in [6.07, 6.45) is 2.74. The van der Waals surface area contributed by atoms with Crippen LogP contribution < -0.4 is 0 Å². The van der Waals surface area contributed by atoms with Crippen molar-refractivity contribution in [2.45, 2.75) is 19.8 Å². The highest BCUT2D eigenvalue weighted by atomic mass is 16.3. The molecule has 1 heteroatoms. The summed E-state index contributed by atoms with van der Waals surface area (Å²) in [7, 11) is 0. The van der Waals surface area contributed by atoms with Crippen molar-refractivity contribution in [1.82, 2.24) is 0 Å². The molecule has 2 saturated carbocycles. The third-order valence-electron chi connectivity index (χ3n) is 2.93. The normalized spacial score (nSPS) is 55.3. The van der Waals surface area contributed by atoms with Gasteiger partial charge in [-0.05, 0) is 36.5 Å². The van der Waals surface area contributed by atoms with Gasteiger partial charge in [-0.2, -0.15) is 0 Å². The first-order valence-corrected chi connectivity index (χ1v) is 3.93. The number of rotatable bonds is 2. The van der Waals surface area contributed by atoms with E-state index in [1.54, 1.807) is 0 Å². The highest BCUT2D eigenvalue weighted by Gasteiger charge is 2.50. The monoisotopic (exact) mass is 126 g/mol. The average Bonchev–Trinajstić information content (AvgIpc) is 2.61. The van der Waals surface area contributed by atoms with E-state index in [1.165, 1.54) is 12.8 Å². The lowest BCUT2D eigenvalue weighted by Gasteiger charge is -1.90. The van der Waals surface area contributed by atoms with Gasteiger partial charge < -0.3 is 5.11 Å². The molecule has 0 aliphatic heterocycles. The van der Waals surface area contributed by atoms with E-state index in [-0.39, 0.29) is 0 Å². The summed E-state index contributed by atoms with van der Waals surface area (Å²) in [6.45, 7) is 2.76. The standard InChI is InChI=1S/C8H14O/c1-5-2-7(5)8-3-6(8)4-9/h5-9H,2-4H2,1H3/t5-,6+,7-,8-/m1/s1. The maximum Gasteiger partial charge on any atom is 0.0462 e. The lowest BCUT2D eigenvalue weighted by Crippen LogP contribution is -1.90. The maximum atomic E-state index is 8.74. The lowest BCUT2D eigenvalue weighted by atomic mass is 10.2. The predicted octanol–water partition coefficient (Wildman–Crippen LogP) is 1.27. The van der Waals surface area contributed by atoms with Gasteiger partial charge in [-0.1, -0.05) is 6.92 Å². The number of hydrogen-bond acceptors (Lipinski definition) is 1. The molecule has 2 fully saturated rings. The van der Waals surface area contributed by atoms with Crippen LogP contribution in [0.3, 0.4) is 0 Å². The molecule has 9 heavy (non-hydrogen) atoms. The third kappa shape index (κ3) is 0.877. The van der Waals surface area contributed by atoms with Crippen LogP contribution in [0.1, 0.15) is 19.8 Å². The van der Waals surface area contributed by atoms with Crippen LogP contribution in [0, 0.1) is 23.7 Å². The second kappa shape index (κ2) is 1.72. The summed E-state index contributed by atoms with van der Waals surface area (Å²) in [5.41, 5.74) is 0. The van der Waals surface area contributed by atoms with Gasteiger partial charge in [0.25, 0.3) is 0 Å². The first-order chi connectivity index (χ1) is 4.33. The van der Waals surface area contributed by atoms with Gasteiger partial charge in [-0.15, -0.1) is 0 Å². The van der Waals surface area contributed by atoms with Crippen molar-refractivity contribution in [2.75, 3.05) is 6.61 Å². The van der Waals surface area contributed by atoms with Crippen LogP contribution in [0.4, 0.5) is 0 Å². The minimum absolute atomic E-state index is 0.438. The summed E-state index contributed by atoms with van der Waals surface area (Å²) in [6, 6.07) is 0. The molecule has 1 N–H and O–H groups in total. The SMILES string of the molecule is C[C@@H]1C[C@H]1[C@@H]1C[C@H]1CO. The van der Waals surface area contributed by atoms with Gasteiger partial charge >= 0.3 is 0 Å². The molecule has 0 radical (unpaired) electrons. The average molecular weight is 126 g/mol. The quantitative estimate of drug-likeness (QED) is 0.590. The van der Waals surface area contributed by atoms with Crippen LogP contribution in [0.2, 0.25) is 0 Å². The molecule has 0 aromatic rings. The largest absolute Gasteiger partial charge is 0.396 e. The molecular weight excluding hydrogens is 112 g/mol. The molecule has 2 aliphatic rings. The summed E-state index contributed by atoms with van der Waals surface area (Å²) >= 11 is 0. The molecular formula is C8H14O. The zero-order chi connectivity index (χ0) is 6.43. The van der Waals surface area contributed by atoms with Crippen LogP contribution >= 0.6 is 0 Å². The third-order valence-corrected chi connectivity index (χ3v) is 2.93. The minimum Gasteiger partial charge on any atom is -0.396 e. The smallest absolute Gasteiger partial charge is 0.0462 e. The van der Waals surface area contributed by atoms with Crippen LogP contribution in [0.15, 0.2) is 0 Å². The Balaban J connectivity index is 1.79. The highest BCUT2D eigenvalue weighted by Crippen LogP contribution is 2.57. The Morgan fingerprint density at radius 2 is 2.00 bits per heavy atom. The van der Waals surface area contributed by atoms with E-state index in [4.69, 9.17) is 5.11 Å². The van der Waals surface area contributed by atoms with Gasteiger partial charge in [0.15, 0.2) is 0 Å². The molecule has 0 heterocycles. The van der Waals surface area contributed by atoms with Crippen LogP contribution in [-0.2, 0) is 0 Å². The molecule has 0 unspecified atom stereocenters. The van der Waals surface area contributed by atoms with Gasteiger partial charge in [0.05, 0.1) is 0 Å². The fourth-order valence-corrected chi connectivity index (χ4v) is 1.95. The first-order valence-electron chi connectivity index (χ1n) is 3.93. The van der Waals surface area contributed by atoms with Crippen molar-refractivity contribution in [3.8, 4) is 0 Å². The summed E-state index contributed by atoms with van der Waals surface area (Å²) in [5, 5.41) is 8.74. The zero-order valence-electron chi connectivity index (χ0n) is 5.88. The van der Waals surface area contributed by atoms with Crippen molar-refractivity contribution in [2.24, 2.45) is 23.7 Å². The van der Waals surface area contributed by atoms with Crippen molar-refractivity contribution in [3.63, 3.8) is 0 Å². The molecule has 1 nitrogen and oxygen atoms in total. The van der Waals surface area contributed by atoms with Crippen LogP contribution in [0.5, 0.6) is 0 Å². The molecule has 4 atom stereocenters. The van der Waals surface area contributed by atoms with Gasteiger partial charge in [-0.25, -0.2) is 0 Å². The Bertz CT molecular complexity index is 122. The zero-order valence-corrected chi connectivity index (χ0v) is 5.88. The van der Waals surface area contributed by atoms with E-state index in [1.807, 2.05) is 0 Å². The molecule has 52 valence electrons. The first kappa shape index (κ1) is 5.72. The minimum atomic E-state index is 0.438. The van der Waals surface area contributed by atoms with Crippen LogP contribution in [0.25, 0.3) is 0 Å². The van der Waals surface area contributed by atoms with Gasteiger partial charge in [0.2, 0.25) is 0 Å². The van der Waals surface area contributed by atoms with Crippen LogP contribution in [-0.4, -0.2) is 11.7 Å². The number of aliphatic hydroxyl groups excluding tert-OH is 1. The van der Waals surface area contributed by atoms with E-state index < -0.39 is 0 Å². The van der Waals surface area contributed by atoms with Gasteiger partial charge in [0, 0.05) is 6.61 Å². The summed E-state index contributed by atoms with van der Waals surface area (Å²) in [4.78, 5) is 0. The molecule has 0 spiro atoms. The second-order valence-corrected chi connectivity index (χ2v) is 3.72. The topological polar surface area (TPSA) is 20.2 Å². The predicted molar refractivity (Wildman–Crippen MR) is 36.0 cm³/mol. The molecule has 0 bridgehead atoms. The van der Waals surface area contributed by atoms with E-state index in [0.717, 1.165) is 17.8 Å². The molecule has 0 aromatic heterocycles. The second-order valence-electron chi connectivity index (χ2n) is 3.72. The van der Waals surface area contributed by atoms with Gasteiger partial charge in [-0.3, -0.25) is 0 Å². The van der Waals surface area contributed by atoms with E-state index >= 15 is 0 Å². The Hall–Kier alpha value is -0.0400. The molecule has 2 rings (SSSR count). The Morgan fingerprint density at radius 3 is 2.33 bits per heavy atom. The van der Waals surface area contributed by atoms with Gasteiger partial charge in [0.1, 0.15) is 0 Å². The maximum absolute atomic E-state index is 8.74. The molecule has 0 aromatic carbocycles. The summed E-state index contributed by atoms with van der Waals surface area (Å²) < 4.78 is 0. The van der Waals surface area contributed by atoms with Crippen molar-refractivity contribution in [3.05, 3.63) is 0 Å². The van der Waals surface area contributed by atoms with Crippen molar-refractivity contribution >= 4 is 0 Å². The van der Waals surface area contributed by atoms with E-state index in [2.05, 4.69) is 6.92 Å². The lowest BCUT2D eigenvalue weighted by molar-refractivity contribution is 0.265. The van der Waals surface area contributed by atoms with E-state index in [9.17, 15) is 0 Å². The fourth-order valence-electron chi connectivity index (χ4n) is 1.95. The highest BCUT2D eigenvalue weighted by molar-refractivity contribution is 4.99. The number of aliphatic hydroxyl groups is 1. The Morgan fingerprint density at radius 1 is 1.33 bits per heavy atom. The summed E-state index contributed by atoms with van der Waals surface area (Å²) in [5.74, 6) is 3.60. The van der Waals surface area contributed by atoms with Crippen molar-refractivity contribution < 1.29 is 5.11 Å². The molecule has 0 saturated heterocycles. The Kier molecular flexibility index (Phi) is 1.10.